The summed E-state index contributed by atoms with van der Waals surface area (Å²) < 4.78 is 25.9. The van der Waals surface area contributed by atoms with Crippen molar-refractivity contribution in [2.75, 3.05) is 27.4 Å². The molecule has 41 heavy (non-hydrogen) atoms. The molecule has 0 amide bonds. The zero-order chi connectivity index (χ0) is 29.7. The number of allylic oxidation sites excluding steroid dienone is 1. The van der Waals surface area contributed by atoms with Crippen LogP contribution in [0, 0.1) is 0 Å². The van der Waals surface area contributed by atoms with Crippen molar-refractivity contribution in [2.45, 2.75) is 32.7 Å². The summed E-state index contributed by atoms with van der Waals surface area (Å²) in [5.74, 6) is 1.19. The second-order valence-corrected chi connectivity index (χ2v) is 11.7. The summed E-state index contributed by atoms with van der Waals surface area (Å²) >= 11 is 8.38. The molecule has 0 spiro atoms. The van der Waals surface area contributed by atoms with Gasteiger partial charge in [-0.05, 0) is 87.2 Å². The normalized spacial score (nSPS) is 14.8. The van der Waals surface area contributed by atoms with Crippen LogP contribution < -0.4 is 29.1 Å². The van der Waals surface area contributed by atoms with Crippen LogP contribution in [-0.2, 0) is 9.53 Å². The first kappa shape index (κ1) is 30.8. The van der Waals surface area contributed by atoms with E-state index in [1.54, 1.807) is 56.1 Å². The number of rotatable bonds is 11. The Labute approximate surface area is 258 Å². The number of carbonyl (C=O) groups excluding carboxylic acids is 1. The monoisotopic (exact) mass is 704 g/mol. The first-order chi connectivity index (χ1) is 19.8. The molecule has 0 N–H and O–H groups in total. The molecule has 1 aliphatic rings. The van der Waals surface area contributed by atoms with Crippen molar-refractivity contribution in [1.29, 1.82) is 0 Å². The fraction of sp³-hybridized carbons (Fsp3) is 0.300. The lowest BCUT2D eigenvalue weighted by atomic mass is 9.93. The first-order valence-electron chi connectivity index (χ1n) is 12.9. The van der Waals surface area contributed by atoms with Crippen LogP contribution in [-0.4, -0.2) is 38.0 Å². The van der Waals surface area contributed by atoms with Gasteiger partial charge >= 0.3 is 5.97 Å². The molecule has 3 aromatic rings. The SMILES string of the molecule is C=CCOc1c(Br)cc(/C=c2\sc3n(c2=O)[C@@H](c2cc(OC)ccc2OC)C(C(=O)OCC)=C(CCC)N=3)cc1Br. The molecular weight excluding hydrogens is 676 g/mol. The van der Waals surface area contributed by atoms with Gasteiger partial charge < -0.3 is 18.9 Å². The van der Waals surface area contributed by atoms with Crippen LogP contribution in [0.15, 0.2) is 73.0 Å². The van der Waals surface area contributed by atoms with Crippen LogP contribution in [0.2, 0.25) is 0 Å². The number of nitrogens with zero attached hydrogens (tertiary/aromatic N) is 2. The van der Waals surface area contributed by atoms with Crippen molar-refractivity contribution in [1.82, 2.24) is 4.57 Å². The van der Waals surface area contributed by atoms with E-state index in [2.05, 4.69) is 38.4 Å². The van der Waals surface area contributed by atoms with E-state index < -0.39 is 12.0 Å². The zero-order valence-corrected chi connectivity index (χ0v) is 27.2. The van der Waals surface area contributed by atoms with Crippen LogP contribution in [0.25, 0.3) is 6.08 Å². The van der Waals surface area contributed by atoms with Gasteiger partial charge in [-0.25, -0.2) is 9.79 Å². The molecule has 216 valence electrons. The lowest BCUT2D eigenvalue weighted by Gasteiger charge is -2.27. The summed E-state index contributed by atoms with van der Waals surface area (Å²) in [5.41, 5.74) is 1.98. The van der Waals surface area contributed by atoms with E-state index in [1.807, 2.05) is 19.1 Å². The van der Waals surface area contributed by atoms with Crippen molar-refractivity contribution >= 4 is 55.2 Å². The van der Waals surface area contributed by atoms with Gasteiger partial charge in [0.2, 0.25) is 0 Å². The largest absolute Gasteiger partial charge is 0.497 e. The molecule has 0 saturated heterocycles. The highest BCUT2D eigenvalue weighted by Gasteiger charge is 2.36. The molecule has 1 aromatic heterocycles. The minimum Gasteiger partial charge on any atom is -0.497 e. The molecule has 0 unspecified atom stereocenters. The van der Waals surface area contributed by atoms with Gasteiger partial charge in [0.1, 0.15) is 29.9 Å². The molecule has 11 heteroatoms. The molecule has 0 radical (unpaired) electrons. The molecule has 2 heterocycles. The topological polar surface area (TPSA) is 88.3 Å². The van der Waals surface area contributed by atoms with Crippen molar-refractivity contribution in [3.8, 4) is 17.2 Å². The Morgan fingerprint density at radius 2 is 1.88 bits per heavy atom. The highest BCUT2D eigenvalue weighted by molar-refractivity contribution is 9.11. The maximum Gasteiger partial charge on any atom is 0.338 e. The number of thiazole rings is 1. The molecule has 1 atom stereocenters. The first-order valence-corrected chi connectivity index (χ1v) is 15.3. The summed E-state index contributed by atoms with van der Waals surface area (Å²) in [5, 5.41) is 0. The molecule has 0 aliphatic carbocycles. The van der Waals surface area contributed by atoms with Gasteiger partial charge in [-0.2, -0.15) is 0 Å². The molecule has 0 fully saturated rings. The smallest absolute Gasteiger partial charge is 0.338 e. The Bertz CT molecular complexity index is 1670. The van der Waals surface area contributed by atoms with E-state index in [4.69, 9.17) is 23.9 Å². The number of methoxy groups -OCH3 is 2. The van der Waals surface area contributed by atoms with Crippen molar-refractivity contribution < 1.29 is 23.7 Å². The number of esters is 1. The van der Waals surface area contributed by atoms with E-state index >= 15 is 0 Å². The van der Waals surface area contributed by atoms with E-state index in [1.165, 1.54) is 11.3 Å². The van der Waals surface area contributed by atoms with Crippen LogP contribution in [0.4, 0.5) is 0 Å². The van der Waals surface area contributed by atoms with Gasteiger partial charge in [0.25, 0.3) is 5.56 Å². The molecule has 2 aromatic carbocycles. The van der Waals surface area contributed by atoms with Crippen molar-refractivity contribution in [2.24, 2.45) is 4.99 Å². The molecule has 0 saturated carbocycles. The Morgan fingerprint density at radius 3 is 2.49 bits per heavy atom. The fourth-order valence-electron chi connectivity index (χ4n) is 4.56. The molecule has 4 rings (SSSR count). The number of benzene rings is 2. The van der Waals surface area contributed by atoms with E-state index in [0.717, 1.165) is 20.9 Å². The van der Waals surface area contributed by atoms with Gasteiger partial charge in [0, 0.05) is 5.56 Å². The van der Waals surface area contributed by atoms with Gasteiger partial charge in [-0.3, -0.25) is 9.36 Å². The van der Waals surface area contributed by atoms with Gasteiger partial charge in [0.05, 0.1) is 45.6 Å². The Hall–Kier alpha value is -3.15. The molecule has 8 nitrogen and oxygen atoms in total. The Kier molecular flexibility index (Phi) is 10.3. The van der Waals surface area contributed by atoms with Crippen LogP contribution in [0.3, 0.4) is 0 Å². The quantitative estimate of drug-likeness (QED) is 0.188. The maximum atomic E-state index is 14.1. The third-order valence-electron chi connectivity index (χ3n) is 6.29. The standard InChI is InChI=1S/C30H30Br2N2O6S/c1-6-9-22-25(29(36)39-8-3)26(19-16-18(37-4)10-11-23(19)38-5)34-28(35)24(41-30(34)33-22)15-17-13-20(31)27(21(32)14-17)40-12-7-2/h7,10-11,13-16,26H,2,6,8-9,12H2,1,3-5H3/b24-15-/t26-/m0/s1. The Morgan fingerprint density at radius 1 is 1.15 bits per heavy atom. The highest BCUT2D eigenvalue weighted by Crippen LogP contribution is 2.39. The predicted octanol–water partition coefficient (Wildman–Crippen LogP) is 5.69. The van der Waals surface area contributed by atoms with Crippen molar-refractivity contribution in [3.05, 3.63) is 94.0 Å². The van der Waals surface area contributed by atoms with E-state index in [-0.39, 0.29) is 12.2 Å². The average molecular weight is 706 g/mol. The second-order valence-electron chi connectivity index (χ2n) is 8.93. The summed E-state index contributed by atoms with van der Waals surface area (Å²) in [6, 6.07) is 8.23. The number of fused-ring (bicyclic) bond motifs is 1. The molecule has 1 aliphatic heterocycles. The maximum absolute atomic E-state index is 14.1. The predicted molar refractivity (Wildman–Crippen MR) is 167 cm³/mol. The van der Waals surface area contributed by atoms with Gasteiger partial charge in [0.15, 0.2) is 4.80 Å². The second kappa shape index (κ2) is 13.7. The number of ether oxygens (including phenoxy) is 4. The third kappa shape index (κ3) is 6.37. The summed E-state index contributed by atoms with van der Waals surface area (Å²) in [6.45, 7) is 7.99. The van der Waals surface area contributed by atoms with Crippen molar-refractivity contribution in [3.63, 3.8) is 0 Å². The highest BCUT2D eigenvalue weighted by atomic mass is 79.9. The fourth-order valence-corrected chi connectivity index (χ4v) is 7.03. The number of halogens is 2. The minimum absolute atomic E-state index is 0.185. The molecule has 0 bridgehead atoms. The average Bonchev–Trinajstić information content (AvgIpc) is 3.25. The van der Waals surface area contributed by atoms with Crippen LogP contribution in [0.1, 0.15) is 43.9 Å². The van der Waals surface area contributed by atoms with Crippen LogP contribution >= 0.6 is 43.2 Å². The zero-order valence-electron chi connectivity index (χ0n) is 23.2. The van der Waals surface area contributed by atoms with Gasteiger partial charge in [-0.15, -0.1) is 0 Å². The summed E-state index contributed by atoms with van der Waals surface area (Å²) in [6.07, 6.45) is 4.75. The van der Waals surface area contributed by atoms with E-state index in [9.17, 15) is 9.59 Å². The number of hydrogen-bond donors (Lipinski definition) is 0. The third-order valence-corrected chi connectivity index (χ3v) is 8.45. The lowest BCUT2D eigenvalue weighted by molar-refractivity contribution is -0.139. The molecular formula is C30H30Br2N2O6S. The number of aromatic nitrogens is 1. The summed E-state index contributed by atoms with van der Waals surface area (Å²) in [7, 11) is 3.11. The van der Waals surface area contributed by atoms with Gasteiger partial charge in [-0.1, -0.05) is 37.3 Å². The Balaban J connectivity index is 2.00. The summed E-state index contributed by atoms with van der Waals surface area (Å²) in [4.78, 5) is 32.9. The number of carbonyl (C=O) groups is 1. The van der Waals surface area contributed by atoms with Crippen LogP contribution in [0.5, 0.6) is 17.2 Å². The van der Waals surface area contributed by atoms with E-state index in [0.29, 0.717) is 56.4 Å². The lowest BCUT2D eigenvalue weighted by Crippen LogP contribution is -2.40. The minimum atomic E-state index is -0.827. The number of hydrogen-bond acceptors (Lipinski definition) is 8.